The molecule has 0 radical (unpaired) electrons. The number of rotatable bonds is 7. The highest BCUT2D eigenvalue weighted by Crippen LogP contribution is 2.44. The van der Waals surface area contributed by atoms with Gasteiger partial charge in [0.1, 0.15) is 22.6 Å². The third kappa shape index (κ3) is 5.12. The van der Waals surface area contributed by atoms with Gasteiger partial charge < -0.3 is 4.74 Å². The number of aromatic nitrogens is 1. The summed E-state index contributed by atoms with van der Waals surface area (Å²) in [6.45, 7) is 0. The van der Waals surface area contributed by atoms with E-state index < -0.39 is 0 Å². The maximum atomic E-state index is 10.3. The topological polar surface area (TPSA) is 45.9 Å². The molecule has 0 fully saturated rings. The van der Waals surface area contributed by atoms with Crippen LogP contribution in [-0.4, -0.2) is 4.98 Å². The molecule has 0 atom stereocenters. The Kier molecular flexibility index (Phi) is 6.92. The number of fused-ring (bicyclic) bond motifs is 1. The third-order valence-electron chi connectivity index (χ3n) is 6.21. The molecule has 5 aromatic rings. The number of pyridine rings is 1. The molecule has 0 saturated carbocycles. The van der Waals surface area contributed by atoms with Gasteiger partial charge in [-0.3, -0.25) is 0 Å². The van der Waals surface area contributed by atoms with Gasteiger partial charge in [0.2, 0.25) is 0 Å². The van der Waals surface area contributed by atoms with E-state index in [-0.39, 0.29) is 0 Å². The van der Waals surface area contributed by atoms with Gasteiger partial charge in [-0.1, -0.05) is 42.5 Å². The number of para-hydroxylation sites is 1. The number of thioether (sulfide) groups is 1. The molecule has 37 heavy (non-hydrogen) atoms. The van der Waals surface area contributed by atoms with Crippen molar-refractivity contribution in [2.45, 2.75) is 23.6 Å². The third-order valence-corrected chi connectivity index (χ3v) is 8.96. The second kappa shape index (κ2) is 10.8. The van der Waals surface area contributed by atoms with E-state index in [2.05, 4.69) is 59.3 Å². The van der Waals surface area contributed by atoms with E-state index in [1.165, 1.54) is 16.0 Å². The van der Waals surface area contributed by atoms with Gasteiger partial charge in [0.15, 0.2) is 0 Å². The van der Waals surface area contributed by atoms with Gasteiger partial charge in [-0.15, -0.1) is 34.4 Å². The molecular weight excluding hydrogens is 513 g/mol. The van der Waals surface area contributed by atoms with Crippen molar-refractivity contribution < 1.29 is 4.74 Å². The smallest absolute Gasteiger partial charge is 0.127 e. The van der Waals surface area contributed by atoms with Crippen LogP contribution in [-0.2, 0) is 12.2 Å². The summed E-state index contributed by atoms with van der Waals surface area (Å²) in [7, 11) is 0. The molecule has 1 aliphatic carbocycles. The zero-order valence-electron chi connectivity index (χ0n) is 19.9. The Balaban J connectivity index is 1.35. The van der Waals surface area contributed by atoms with Gasteiger partial charge in [-0.05, 0) is 82.8 Å². The molecular formula is C31H22N2OS3. The predicted molar refractivity (Wildman–Crippen MR) is 155 cm³/mol. The summed E-state index contributed by atoms with van der Waals surface area (Å²) in [4.78, 5) is 7.48. The highest BCUT2D eigenvalue weighted by atomic mass is 32.2. The molecule has 0 amide bonds. The average Bonchev–Trinajstić information content (AvgIpc) is 3.71. The molecule has 1 aliphatic rings. The van der Waals surface area contributed by atoms with E-state index in [0.717, 1.165) is 51.1 Å². The number of allylic oxidation sites excluding steroid dienone is 1. The van der Waals surface area contributed by atoms with E-state index in [9.17, 15) is 5.26 Å². The van der Waals surface area contributed by atoms with Crippen molar-refractivity contribution in [3.63, 3.8) is 0 Å². The standard InChI is InChI=1S/C31H22N2OS3/c32-19-27-29(28-12-6-16-36-28)26-14-13-22(18-25-11-5-15-35-25)30(26)33-31(27)37-20-21-7-4-10-24(17-21)34-23-8-2-1-3-9-23/h1-12,15-18H,13-14,20H2/b22-18+. The first-order valence-corrected chi connectivity index (χ1v) is 14.7. The molecule has 180 valence electrons. The first kappa shape index (κ1) is 23.7. The van der Waals surface area contributed by atoms with Crippen LogP contribution in [0.4, 0.5) is 0 Å². The largest absolute Gasteiger partial charge is 0.457 e. The second-order valence-electron chi connectivity index (χ2n) is 8.62. The molecule has 0 bridgehead atoms. The SMILES string of the molecule is N#Cc1c(SCc2cccc(Oc3ccccc3)c2)nc2c(c1-c1cccs1)CC/C2=C\c1cccs1. The van der Waals surface area contributed by atoms with Crippen molar-refractivity contribution in [2.75, 3.05) is 0 Å². The molecule has 0 aliphatic heterocycles. The molecule has 6 rings (SSSR count). The Morgan fingerprint density at radius 2 is 1.76 bits per heavy atom. The van der Waals surface area contributed by atoms with Crippen molar-refractivity contribution in [3.05, 3.63) is 117 Å². The van der Waals surface area contributed by atoms with Crippen LogP contribution in [0.3, 0.4) is 0 Å². The number of ether oxygens (including phenoxy) is 1. The molecule has 3 nitrogen and oxygen atoms in total. The van der Waals surface area contributed by atoms with Crippen LogP contribution >= 0.6 is 34.4 Å². The summed E-state index contributed by atoms with van der Waals surface area (Å²) in [6.07, 6.45) is 4.11. The van der Waals surface area contributed by atoms with Crippen LogP contribution in [0.2, 0.25) is 0 Å². The Morgan fingerprint density at radius 3 is 2.54 bits per heavy atom. The lowest BCUT2D eigenvalue weighted by Gasteiger charge is -2.14. The summed E-state index contributed by atoms with van der Waals surface area (Å²) in [6, 6.07) is 28.8. The fourth-order valence-corrected chi connectivity index (χ4v) is 6.97. The van der Waals surface area contributed by atoms with Crippen LogP contribution in [0.5, 0.6) is 11.5 Å². The number of thiophene rings is 2. The molecule has 2 aromatic carbocycles. The van der Waals surface area contributed by atoms with Crippen LogP contribution in [0.25, 0.3) is 22.1 Å². The Morgan fingerprint density at radius 1 is 0.919 bits per heavy atom. The van der Waals surface area contributed by atoms with E-state index in [0.29, 0.717) is 11.3 Å². The van der Waals surface area contributed by atoms with Gasteiger partial charge in [-0.2, -0.15) is 5.26 Å². The highest BCUT2D eigenvalue weighted by Gasteiger charge is 2.27. The minimum atomic E-state index is 0.681. The minimum absolute atomic E-state index is 0.681. The lowest BCUT2D eigenvalue weighted by molar-refractivity contribution is 0.482. The van der Waals surface area contributed by atoms with E-state index in [4.69, 9.17) is 9.72 Å². The Bertz CT molecular complexity index is 1600. The molecule has 0 saturated heterocycles. The van der Waals surface area contributed by atoms with Crippen LogP contribution < -0.4 is 4.74 Å². The monoisotopic (exact) mass is 534 g/mol. The molecule has 0 N–H and O–H groups in total. The van der Waals surface area contributed by atoms with Crippen molar-refractivity contribution in [1.29, 1.82) is 5.26 Å². The summed E-state index contributed by atoms with van der Waals surface area (Å²) < 4.78 is 6.03. The molecule has 0 unspecified atom stereocenters. The lowest BCUT2D eigenvalue weighted by atomic mass is 10.0. The number of hydrogen-bond donors (Lipinski definition) is 0. The zero-order valence-corrected chi connectivity index (χ0v) is 22.3. The summed E-state index contributed by atoms with van der Waals surface area (Å²) >= 11 is 5.04. The van der Waals surface area contributed by atoms with Crippen LogP contribution in [0.1, 0.15) is 33.7 Å². The fraction of sp³-hybridized carbons (Fsp3) is 0.0968. The minimum Gasteiger partial charge on any atom is -0.457 e. The van der Waals surface area contributed by atoms with Crippen molar-refractivity contribution in [3.8, 4) is 28.0 Å². The van der Waals surface area contributed by atoms with E-state index >= 15 is 0 Å². The van der Waals surface area contributed by atoms with Crippen molar-refractivity contribution >= 4 is 46.1 Å². The molecule has 0 spiro atoms. The van der Waals surface area contributed by atoms with Gasteiger partial charge in [0.05, 0.1) is 11.3 Å². The number of nitriles is 1. The highest BCUT2D eigenvalue weighted by molar-refractivity contribution is 7.98. The maximum Gasteiger partial charge on any atom is 0.127 e. The molecule has 3 aromatic heterocycles. The summed E-state index contributed by atoms with van der Waals surface area (Å²) in [5.74, 6) is 2.30. The second-order valence-corrected chi connectivity index (χ2v) is 11.5. The van der Waals surface area contributed by atoms with Gasteiger partial charge in [0, 0.05) is 21.1 Å². The summed E-state index contributed by atoms with van der Waals surface area (Å²) in [5, 5.41) is 15.2. The predicted octanol–water partition coefficient (Wildman–Crippen LogP) is 9.31. The number of benzene rings is 2. The van der Waals surface area contributed by atoms with Gasteiger partial charge in [-0.25, -0.2) is 4.98 Å². The Labute approximate surface area is 228 Å². The average molecular weight is 535 g/mol. The quantitative estimate of drug-likeness (QED) is 0.195. The summed E-state index contributed by atoms with van der Waals surface area (Å²) in [5.41, 5.74) is 6.35. The van der Waals surface area contributed by atoms with Gasteiger partial charge >= 0.3 is 0 Å². The van der Waals surface area contributed by atoms with E-state index in [1.807, 2.05) is 42.5 Å². The fourth-order valence-electron chi connectivity index (χ4n) is 4.55. The van der Waals surface area contributed by atoms with Crippen LogP contribution in [0, 0.1) is 11.3 Å². The number of hydrogen-bond acceptors (Lipinski definition) is 6. The first-order valence-electron chi connectivity index (χ1n) is 12.0. The van der Waals surface area contributed by atoms with Crippen LogP contribution in [0.15, 0.2) is 94.6 Å². The molecule has 6 heteroatoms. The first-order chi connectivity index (χ1) is 18.3. The maximum absolute atomic E-state index is 10.3. The number of nitrogens with zero attached hydrogens (tertiary/aromatic N) is 2. The normalized spacial score (nSPS) is 13.4. The van der Waals surface area contributed by atoms with Crippen molar-refractivity contribution in [1.82, 2.24) is 4.98 Å². The molecule has 3 heterocycles. The van der Waals surface area contributed by atoms with E-state index in [1.54, 1.807) is 34.4 Å². The zero-order chi connectivity index (χ0) is 25.0. The van der Waals surface area contributed by atoms with Gasteiger partial charge in [0.25, 0.3) is 0 Å². The van der Waals surface area contributed by atoms with Crippen molar-refractivity contribution in [2.24, 2.45) is 0 Å². The Hall–Kier alpha value is -3.63. The lowest BCUT2D eigenvalue weighted by Crippen LogP contribution is -2.00.